The Bertz CT molecular complexity index is 432. The summed E-state index contributed by atoms with van der Waals surface area (Å²) in [6.45, 7) is 7.44. The summed E-state index contributed by atoms with van der Waals surface area (Å²) in [5.41, 5.74) is 2.11. The molecule has 6 nitrogen and oxygen atoms in total. The number of hydrogen-bond acceptors (Lipinski definition) is 6. The van der Waals surface area contributed by atoms with Gasteiger partial charge in [0, 0.05) is 0 Å². The minimum atomic E-state index is -1.42. The maximum atomic E-state index is 10.0. The van der Waals surface area contributed by atoms with E-state index < -0.39 is 37.3 Å². The third-order valence-corrected chi connectivity index (χ3v) is 4.57. The van der Waals surface area contributed by atoms with E-state index in [0.29, 0.717) is 5.92 Å². The molecule has 0 amide bonds. The van der Waals surface area contributed by atoms with Gasteiger partial charge in [0.05, 0.1) is 12.7 Å². The second-order valence-electron chi connectivity index (χ2n) is 6.28. The van der Waals surface area contributed by atoms with Gasteiger partial charge in [0.25, 0.3) is 0 Å². The van der Waals surface area contributed by atoms with Crippen molar-refractivity contribution in [2.45, 2.75) is 63.5 Å². The Balaban J connectivity index is 2.06. The SMILES string of the molecule is C=C(C)[C@@H]1CC=C(C)[C@H](O[C@@H]2O[C@H](CO)[C@@H](O)[C@H](O)[C@H]2O)C1. The minimum Gasteiger partial charge on any atom is -0.394 e. The van der Waals surface area contributed by atoms with E-state index in [-0.39, 0.29) is 6.10 Å². The lowest BCUT2D eigenvalue weighted by Gasteiger charge is -2.42. The Morgan fingerprint density at radius 3 is 2.59 bits per heavy atom. The fraction of sp³-hybridized carbons (Fsp3) is 0.750. The largest absolute Gasteiger partial charge is 0.394 e. The maximum Gasteiger partial charge on any atom is 0.187 e. The van der Waals surface area contributed by atoms with Crippen molar-refractivity contribution in [1.82, 2.24) is 0 Å². The van der Waals surface area contributed by atoms with E-state index in [4.69, 9.17) is 9.47 Å². The lowest BCUT2D eigenvalue weighted by atomic mass is 9.84. The van der Waals surface area contributed by atoms with Crippen LogP contribution in [0.15, 0.2) is 23.8 Å². The van der Waals surface area contributed by atoms with Crippen molar-refractivity contribution >= 4 is 0 Å². The number of rotatable bonds is 4. The zero-order valence-corrected chi connectivity index (χ0v) is 13.1. The van der Waals surface area contributed by atoms with Crippen molar-refractivity contribution in [1.29, 1.82) is 0 Å². The predicted octanol–water partition coefficient (Wildman–Crippen LogP) is 0.104. The third-order valence-electron chi connectivity index (χ3n) is 4.57. The van der Waals surface area contributed by atoms with Crippen LogP contribution in [0.1, 0.15) is 26.7 Å². The molecule has 0 aromatic rings. The summed E-state index contributed by atoms with van der Waals surface area (Å²) in [4.78, 5) is 0. The summed E-state index contributed by atoms with van der Waals surface area (Å²) in [6, 6.07) is 0. The Kier molecular flexibility index (Phi) is 5.76. The predicted molar refractivity (Wildman–Crippen MR) is 79.9 cm³/mol. The molecule has 0 radical (unpaired) electrons. The van der Waals surface area contributed by atoms with Crippen LogP contribution in [0, 0.1) is 5.92 Å². The fourth-order valence-corrected chi connectivity index (χ4v) is 2.91. The van der Waals surface area contributed by atoms with Crippen LogP contribution >= 0.6 is 0 Å². The highest BCUT2D eigenvalue weighted by Crippen LogP contribution is 2.32. The summed E-state index contributed by atoms with van der Waals surface area (Å²) in [7, 11) is 0. The molecule has 7 atom stereocenters. The molecule has 1 fully saturated rings. The van der Waals surface area contributed by atoms with E-state index in [0.717, 1.165) is 24.0 Å². The molecule has 1 heterocycles. The van der Waals surface area contributed by atoms with Crippen molar-refractivity contribution in [2.24, 2.45) is 5.92 Å². The van der Waals surface area contributed by atoms with Gasteiger partial charge in [0.15, 0.2) is 6.29 Å². The Morgan fingerprint density at radius 2 is 2.00 bits per heavy atom. The zero-order chi connectivity index (χ0) is 16.4. The molecule has 0 unspecified atom stereocenters. The average Bonchev–Trinajstić information content (AvgIpc) is 2.49. The number of hydrogen-bond donors (Lipinski definition) is 4. The van der Waals surface area contributed by atoms with E-state index in [2.05, 4.69) is 12.7 Å². The van der Waals surface area contributed by atoms with Crippen LogP contribution < -0.4 is 0 Å². The zero-order valence-electron chi connectivity index (χ0n) is 13.1. The summed E-state index contributed by atoms with van der Waals surface area (Å²) < 4.78 is 11.2. The van der Waals surface area contributed by atoms with Crippen LogP contribution in [0.25, 0.3) is 0 Å². The fourth-order valence-electron chi connectivity index (χ4n) is 2.91. The first-order valence-electron chi connectivity index (χ1n) is 7.63. The molecule has 2 rings (SSSR count). The molecule has 0 spiro atoms. The molecule has 1 aliphatic carbocycles. The van der Waals surface area contributed by atoms with Gasteiger partial charge >= 0.3 is 0 Å². The summed E-state index contributed by atoms with van der Waals surface area (Å²) >= 11 is 0. The van der Waals surface area contributed by atoms with Gasteiger partial charge in [-0.25, -0.2) is 0 Å². The third kappa shape index (κ3) is 3.59. The smallest absolute Gasteiger partial charge is 0.187 e. The van der Waals surface area contributed by atoms with Crippen molar-refractivity contribution in [3.63, 3.8) is 0 Å². The number of aliphatic hydroxyl groups excluding tert-OH is 4. The molecule has 1 saturated heterocycles. The van der Waals surface area contributed by atoms with Crippen LogP contribution in [-0.4, -0.2) is 63.8 Å². The van der Waals surface area contributed by atoms with Gasteiger partial charge in [0.2, 0.25) is 0 Å². The molecule has 22 heavy (non-hydrogen) atoms. The quantitative estimate of drug-likeness (QED) is 0.550. The number of allylic oxidation sites excluding steroid dienone is 2. The van der Waals surface area contributed by atoms with Crippen LogP contribution in [0.4, 0.5) is 0 Å². The average molecular weight is 314 g/mol. The second kappa shape index (κ2) is 7.21. The lowest BCUT2D eigenvalue weighted by Crippen LogP contribution is -2.59. The number of aliphatic hydroxyl groups is 4. The summed E-state index contributed by atoms with van der Waals surface area (Å²) in [6.07, 6.45) is -2.72. The molecular weight excluding hydrogens is 288 g/mol. The van der Waals surface area contributed by atoms with Gasteiger partial charge in [-0.2, -0.15) is 0 Å². The molecular formula is C16H26O6. The van der Waals surface area contributed by atoms with Crippen LogP contribution in [0.3, 0.4) is 0 Å². The first kappa shape index (κ1) is 17.6. The van der Waals surface area contributed by atoms with Crippen LogP contribution in [0.5, 0.6) is 0 Å². The highest BCUT2D eigenvalue weighted by atomic mass is 16.7. The highest BCUT2D eigenvalue weighted by Gasteiger charge is 2.45. The molecule has 0 bridgehead atoms. The summed E-state index contributed by atoms with van der Waals surface area (Å²) in [5, 5.41) is 38.8. The number of ether oxygens (including phenoxy) is 2. The Hall–Kier alpha value is -0.760. The van der Waals surface area contributed by atoms with E-state index >= 15 is 0 Å². The van der Waals surface area contributed by atoms with Crippen molar-refractivity contribution in [3.05, 3.63) is 23.8 Å². The van der Waals surface area contributed by atoms with Crippen molar-refractivity contribution in [3.8, 4) is 0 Å². The van der Waals surface area contributed by atoms with E-state index in [1.807, 2.05) is 13.8 Å². The first-order valence-corrected chi connectivity index (χ1v) is 7.63. The van der Waals surface area contributed by atoms with E-state index in [9.17, 15) is 20.4 Å². The molecule has 6 heteroatoms. The van der Waals surface area contributed by atoms with E-state index in [1.165, 1.54) is 0 Å². The molecule has 2 aliphatic rings. The van der Waals surface area contributed by atoms with Gasteiger partial charge in [-0.1, -0.05) is 18.2 Å². The highest BCUT2D eigenvalue weighted by molar-refractivity contribution is 5.15. The Labute approximate surface area is 130 Å². The monoisotopic (exact) mass is 314 g/mol. The topological polar surface area (TPSA) is 99.4 Å². The van der Waals surface area contributed by atoms with Gasteiger partial charge < -0.3 is 29.9 Å². The van der Waals surface area contributed by atoms with Crippen molar-refractivity contribution < 1.29 is 29.9 Å². The maximum absolute atomic E-state index is 10.0. The van der Waals surface area contributed by atoms with Gasteiger partial charge in [-0.15, -0.1) is 0 Å². The van der Waals surface area contributed by atoms with Gasteiger partial charge in [-0.3, -0.25) is 0 Å². The van der Waals surface area contributed by atoms with E-state index in [1.54, 1.807) is 0 Å². The van der Waals surface area contributed by atoms with Gasteiger partial charge in [0.1, 0.15) is 24.4 Å². The van der Waals surface area contributed by atoms with Gasteiger partial charge in [-0.05, 0) is 38.2 Å². The second-order valence-corrected chi connectivity index (χ2v) is 6.28. The molecule has 126 valence electrons. The molecule has 0 aromatic carbocycles. The van der Waals surface area contributed by atoms with Crippen molar-refractivity contribution in [2.75, 3.05) is 6.61 Å². The molecule has 0 aromatic heterocycles. The van der Waals surface area contributed by atoms with Crippen LogP contribution in [0.2, 0.25) is 0 Å². The van der Waals surface area contributed by atoms with Crippen LogP contribution in [-0.2, 0) is 9.47 Å². The molecule has 1 aliphatic heterocycles. The standard InChI is InChI=1S/C16H26O6/c1-8(2)10-5-4-9(3)11(6-10)21-16-15(20)14(19)13(18)12(7-17)22-16/h4,10-20H,1,5-7H2,2-3H3/t10-,11-,12-,13-,14+,15-,16-/m1/s1. The normalized spacial score (nSPS) is 42.8. The summed E-state index contributed by atoms with van der Waals surface area (Å²) in [5.74, 6) is 0.304. The lowest BCUT2D eigenvalue weighted by molar-refractivity contribution is -0.309. The minimum absolute atomic E-state index is 0.253. The molecule has 4 N–H and O–H groups in total. The molecule has 0 saturated carbocycles. The first-order chi connectivity index (χ1) is 10.3. The Morgan fingerprint density at radius 1 is 1.32 bits per heavy atom.